The van der Waals surface area contributed by atoms with Crippen molar-refractivity contribution in [2.45, 2.75) is 52.0 Å². The summed E-state index contributed by atoms with van der Waals surface area (Å²) in [5, 5.41) is 12.0. The highest BCUT2D eigenvalue weighted by Gasteiger charge is 2.57. The number of rotatable bonds is 4. The van der Waals surface area contributed by atoms with Gasteiger partial charge in [-0.05, 0) is 37.5 Å². The van der Waals surface area contributed by atoms with Crippen LogP contribution in [-0.4, -0.2) is 23.0 Å². The third-order valence-electron chi connectivity index (χ3n) is 4.66. The molecule has 1 amide bonds. The number of carbonyl (C=O) groups excluding carboxylic acids is 1. The second-order valence-corrected chi connectivity index (χ2v) is 5.57. The predicted molar refractivity (Wildman–Crippen MR) is 63.4 cm³/mol. The highest BCUT2D eigenvalue weighted by Crippen LogP contribution is 2.46. The maximum absolute atomic E-state index is 12.0. The molecule has 2 fully saturated rings. The Morgan fingerprint density at radius 2 is 2.00 bits per heavy atom. The van der Waals surface area contributed by atoms with Gasteiger partial charge in [-0.3, -0.25) is 9.59 Å². The number of amides is 1. The van der Waals surface area contributed by atoms with Crippen molar-refractivity contribution in [1.82, 2.24) is 5.32 Å². The van der Waals surface area contributed by atoms with E-state index in [1.807, 2.05) is 0 Å². The van der Waals surface area contributed by atoms with Crippen LogP contribution in [0.25, 0.3) is 0 Å². The molecule has 0 heterocycles. The van der Waals surface area contributed by atoms with Crippen molar-refractivity contribution >= 4 is 11.9 Å². The summed E-state index contributed by atoms with van der Waals surface area (Å²) in [7, 11) is 0. The molecule has 2 aliphatic carbocycles. The second-order valence-electron chi connectivity index (χ2n) is 5.57. The van der Waals surface area contributed by atoms with E-state index < -0.39 is 11.4 Å². The molecule has 17 heavy (non-hydrogen) atoms. The van der Waals surface area contributed by atoms with Gasteiger partial charge in [-0.25, -0.2) is 0 Å². The van der Waals surface area contributed by atoms with Crippen LogP contribution < -0.4 is 5.32 Å². The largest absolute Gasteiger partial charge is 0.480 e. The summed E-state index contributed by atoms with van der Waals surface area (Å²) in [6.07, 6.45) is 4.25. The summed E-state index contributed by atoms with van der Waals surface area (Å²) in [6.45, 7) is 4.33. The van der Waals surface area contributed by atoms with Crippen LogP contribution in [0.4, 0.5) is 0 Å². The van der Waals surface area contributed by atoms with E-state index in [0.717, 1.165) is 19.3 Å². The molecule has 96 valence electrons. The van der Waals surface area contributed by atoms with Gasteiger partial charge in [0.05, 0.1) is 0 Å². The molecule has 2 aliphatic rings. The molecule has 2 rings (SSSR count). The average molecular weight is 239 g/mol. The number of carbonyl (C=O) groups is 2. The first-order valence-electron chi connectivity index (χ1n) is 6.55. The van der Waals surface area contributed by atoms with Crippen LogP contribution in [0.2, 0.25) is 0 Å². The van der Waals surface area contributed by atoms with Crippen LogP contribution in [0.3, 0.4) is 0 Å². The van der Waals surface area contributed by atoms with Gasteiger partial charge >= 0.3 is 5.97 Å². The molecule has 0 spiro atoms. The van der Waals surface area contributed by atoms with Gasteiger partial charge in [0.2, 0.25) is 5.91 Å². The van der Waals surface area contributed by atoms with E-state index in [0.29, 0.717) is 24.7 Å². The third-order valence-corrected chi connectivity index (χ3v) is 4.66. The van der Waals surface area contributed by atoms with Crippen molar-refractivity contribution < 1.29 is 14.7 Å². The first-order chi connectivity index (χ1) is 8.01. The van der Waals surface area contributed by atoms with Crippen LogP contribution in [0, 0.1) is 17.3 Å². The normalized spacial score (nSPS) is 34.4. The fraction of sp³-hybridized carbons (Fsp3) is 0.846. The van der Waals surface area contributed by atoms with Crippen molar-refractivity contribution in [3.8, 4) is 0 Å². The Morgan fingerprint density at radius 1 is 1.35 bits per heavy atom. The van der Waals surface area contributed by atoms with Crippen LogP contribution >= 0.6 is 0 Å². The van der Waals surface area contributed by atoms with Crippen molar-refractivity contribution in [2.75, 3.05) is 0 Å². The summed E-state index contributed by atoms with van der Waals surface area (Å²) in [5.74, 6) is -0.0971. The number of aliphatic carboxylic acids is 1. The monoisotopic (exact) mass is 239 g/mol. The quantitative estimate of drug-likeness (QED) is 0.735. The SMILES string of the molecule is CCC1CCC(NC(=O)C2(C(=O)O)CC2)C1C. The van der Waals surface area contributed by atoms with Gasteiger partial charge in [0.25, 0.3) is 0 Å². The second kappa shape index (κ2) is 4.31. The minimum absolute atomic E-state index is 0.171. The fourth-order valence-corrected chi connectivity index (χ4v) is 3.00. The van der Waals surface area contributed by atoms with Gasteiger partial charge in [0, 0.05) is 6.04 Å². The summed E-state index contributed by atoms with van der Waals surface area (Å²) >= 11 is 0. The summed E-state index contributed by atoms with van der Waals surface area (Å²) in [4.78, 5) is 23.0. The molecule has 0 saturated heterocycles. The molecule has 3 unspecified atom stereocenters. The molecular formula is C13H21NO3. The van der Waals surface area contributed by atoms with Gasteiger partial charge in [0.1, 0.15) is 5.41 Å². The first kappa shape index (κ1) is 12.4. The molecule has 0 bridgehead atoms. The molecule has 2 saturated carbocycles. The van der Waals surface area contributed by atoms with E-state index in [1.165, 1.54) is 0 Å². The molecule has 2 N–H and O–H groups in total. The fourth-order valence-electron chi connectivity index (χ4n) is 3.00. The molecule has 3 atom stereocenters. The van der Waals surface area contributed by atoms with Crippen LogP contribution in [0.15, 0.2) is 0 Å². The van der Waals surface area contributed by atoms with Crippen LogP contribution in [0.5, 0.6) is 0 Å². The van der Waals surface area contributed by atoms with E-state index in [-0.39, 0.29) is 11.9 Å². The number of carboxylic acids is 1. The van der Waals surface area contributed by atoms with Gasteiger partial charge in [-0.1, -0.05) is 20.3 Å². The summed E-state index contributed by atoms with van der Waals surface area (Å²) < 4.78 is 0. The number of hydrogen-bond acceptors (Lipinski definition) is 2. The van der Waals surface area contributed by atoms with Gasteiger partial charge in [-0.2, -0.15) is 0 Å². The third kappa shape index (κ3) is 2.05. The number of hydrogen-bond donors (Lipinski definition) is 2. The Morgan fingerprint density at radius 3 is 2.41 bits per heavy atom. The Labute approximate surface area is 102 Å². The van der Waals surface area contributed by atoms with E-state index in [1.54, 1.807) is 0 Å². The van der Waals surface area contributed by atoms with Gasteiger partial charge < -0.3 is 10.4 Å². The Bertz CT molecular complexity index is 336. The molecular weight excluding hydrogens is 218 g/mol. The van der Waals surface area contributed by atoms with Gasteiger partial charge in [-0.15, -0.1) is 0 Å². The van der Waals surface area contributed by atoms with E-state index in [9.17, 15) is 9.59 Å². The topological polar surface area (TPSA) is 66.4 Å². The summed E-state index contributed by atoms with van der Waals surface area (Å²) in [6, 6.07) is 0.171. The molecule has 0 aliphatic heterocycles. The standard InChI is InChI=1S/C13H21NO3/c1-3-9-4-5-10(8(9)2)14-11(15)13(6-7-13)12(16)17/h8-10H,3-7H2,1-2H3,(H,14,15)(H,16,17). The van der Waals surface area contributed by atoms with Crippen molar-refractivity contribution in [3.05, 3.63) is 0 Å². The molecule has 0 aromatic rings. The number of nitrogens with one attached hydrogen (secondary N) is 1. The average Bonchev–Trinajstić information content (AvgIpc) is 3.03. The lowest BCUT2D eigenvalue weighted by Crippen LogP contribution is -2.44. The minimum atomic E-state index is -1.09. The van der Waals surface area contributed by atoms with Crippen molar-refractivity contribution in [3.63, 3.8) is 0 Å². The van der Waals surface area contributed by atoms with Gasteiger partial charge in [0.15, 0.2) is 0 Å². The maximum atomic E-state index is 12.0. The lowest BCUT2D eigenvalue weighted by atomic mass is 9.93. The Hall–Kier alpha value is -1.06. The predicted octanol–water partition coefficient (Wildman–Crippen LogP) is 1.79. The number of carboxylic acid groups (broad SMARTS) is 1. The Balaban J connectivity index is 1.94. The highest BCUT2D eigenvalue weighted by atomic mass is 16.4. The molecule has 0 radical (unpaired) electrons. The molecule has 0 aromatic carbocycles. The Kier molecular flexibility index (Phi) is 3.15. The lowest BCUT2D eigenvalue weighted by molar-refractivity contribution is -0.149. The molecule has 4 nitrogen and oxygen atoms in total. The zero-order valence-corrected chi connectivity index (χ0v) is 10.5. The lowest BCUT2D eigenvalue weighted by Gasteiger charge is -2.22. The van der Waals surface area contributed by atoms with Crippen LogP contribution in [-0.2, 0) is 9.59 Å². The zero-order chi connectivity index (χ0) is 12.6. The van der Waals surface area contributed by atoms with Crippen molar-refractivity contribution in [2.24, 2.45) is 17.3 Å². The highest BCUT2D eigenvalue weighted by molar-refractivity contribution is 6.04. The van der Waals surface area contributed by atoms with Crippen molar-refractivity contribution in [1.29, 1.82) is 0 Å². The molecule has 4 heteroatoms. The van der Waals surface area contributed by atoms with E-state index in [4.69, 9.17) is 5.11 Å². The van der Waals surface area contributed by atoms with E-state index >= 15 is 0 Å². The minimum Gasteiger partial charge on any atom is -0.480 e. The first-order valence-corrected chi connectivity index (χ1v) is 6.55. The maximum Gasteiger partial charge on any atom is 0.319 e. The van der Waals surface area contributed by atoms with Crippen LogP contribution in [0.1, 0.15) is 46.0 Å². The van der Waals surface area contributed by atoms with E-state index in [2.05, 4.69) is 19.2 Å². The summed E-state index contributed by atoms with van der Waals surface area (Å²) in [5.41, 5.74) is -1.09. The zero-order valence-electron chi connectivity index (χ0n) is 10.5. The molecule has 0 aromatic heterocycles. The smallest absolute Gasteiger partial charge is 0.319 e.